The largest absolute Gasteiger partial charge is 0.340 e. The van der Waals surface area contributed by atoms with Crippen LogP contribution in [0.1, 0.15) is 11.3 Å². The van der Waals surface area contributed by atoms with Crippen molar-refractivity contribution in [3.8, 4) is 0 Å². The molecule has 130 valence electrons. The molecule has 0 aliphatic carbocycles. The summed E-state index contributed by atoms with van der Waals surface area (Å²) in [5.74, 6) is 0.608. The number of sulfonamides is 1. The van der Waals surface area contributed by atoms with Crippen molar-refractivity contribution >= 4 is 39.0 Å². The van der Waals surface area contributed by atoms with Crippen LogP contribution >= 0.6 is 11.6 Å². The molecule has 0 saturated heterocycles. The highest BCUT2D eigenvalue weighted by Gasteiger charge is 2.19. The molecule has 0 spiro atoms. The first-order chi connectivity index (χ1) is 11.8. The minimum absolute atomic E-state index is 0.0900. The summed E-state index contributed by atoms with van der Waals surface area (Å²) in [5.41, 5.74) is 1.92. The Labute approximate surface area is 149 Å². The molecule has 3 aromatic rings. The number of aryl methyl sites for hydroxylation is 1. The lowest BCUT2D eigenvalue weighted by Crippen LogP contribution is -2.13. The minimum atomic E-state index is -3.78. The second-order valence-corrected chi connectivity index (χ2v) is 7.27. The number of benzene rings is 1. The summed E-state index contributed by atoms with van der Waals surface area (Å²) in [7, 11) is -3.78. The predicted molar refractivity (Wildman–Crippen MR) is 93.6 cm³/mol. The highest BCUT2D eigenvalue weighted by Crippen LogP contribution is 2.23. The van der Waals surface area contributed by atoms with E-state index in [-0.39, 0.29) is 10.8 Å². The Bertz CT molecular complexity index is 1000. The lowest BCUT2D eigenvalue weighted by atomic mass is 10.3. The number of rotatable bonds is 5. The van der Waals surface area contributed by atoms with Gasteiger partial charge in [-0.1, -0.05) is 16.8 Å². The molecule has 2 aromatic heterocycles. The van der Waals surface area contributed by atoms with Crippen molar-refractivity contribution in [2.24, 2.45) is 0 Å². The molecule has 2 heterocycles. The van der Waals surface area contributed by atoms with Gasteiger partial charge in [0.1, 0.15) is 17.3 Å². The summed E-state index contributed by atoms with van der Waals surface area (Å²) in [6.07, 6.45) is 1.33. The first kappa shape index (κ1) is 17.2. The van der Waals surface area contributed by atoms with E-state index in [0.29, 0.717) is 27.9 Å². The van der Waals surface area contributed by atoms with E-state index in [2.05, 4.69) is 25.2 Å². The fourth-order valence-electron chi connectivity index (χ4n) is 1.96. The van der Waals surface area contributed by atoms with E-state index in [1.165, 1.54) is 18.5 Å². The lowest BCUT2D eigenvalue weighted by molar-refractivity contribution is 0.430. The molecule has 1 aromatic carbocycles. The van der Waals surface area contributed by atoms with Crippen molar-refractivity contribution in [2.45, 2.75) is 18.7 Å². The van der Waals surface area contributed by atoms with Crippen molar-refractivity contribution < 1.29 is 12.9 Å². The molecule has 0 amide bonds. The van der Waals surface area contributed by atoms with E-state index >= 15 is 0 Å². The number of nitrogens with one attached hydrogen (secondary N) is 2. The third-order valence-corrected chi connectivity index (χ3v) is 5.01. The standard InChI is InChI=1S/C15H14ClN5O3S/c1-9-10(2)20-24-15(9)21-25(22,23)12-5-3-11(4-6-12)19-14-7-13(16)17-8-18-14/h3-8,21H,1-2H3,(H,17,18,19). The summed E-state index contributed by atoms with van der Waals surface area (Å²) in [4.78, 5) is 7.90. The van der Waals surface area contributed by atoms with Gasteiger partial charge in [0.2, 0.25) is 5.88 Å². The van der Waals surface area contributed by atoms with Crippen LogP contribution in [0.2, 0.25) is 5.15 Å². The third-order valence-electron chi connectivity index (χ3n) is 3.45. The monoisotopic (exact) mass is 379 g/mol. The molecule has 0 bridgehead atoms. The first-order valence-corrected chi connectivity index (χ1v) is 9.01. The average Bonchev–Trinajstić information content (AvgIpc) is 2.87. The van der Waals surface area contributed by atoms with Gasteiger partial charge in [-0.25, -0.2) is 23.1 Å². The average molecular weight is 380 g/mol. The second-order valence-electron chi connectivity index (χ2n) is 5.20. The van der Waals surface area contributed by atoms with Crippen molar-refractivity contribution in [3.63, 3.8) is 0 Å². The molecule has 10 heteroatoms. The summed E-state index contributed by atoms with van der Waals surface area (Å²) >= 11 is 5.79. The fraction of sp³-hybridized carbons (Fsp3) is 0.133. The molecule has 0 aliphatic rings. The van der Waals surface area contributed by atoms with Gasteiger partial charge in [0, 0.05) is 17.3 Å². The molecule has 25 heavy (non-hydrogen) atoms. The number of hydrogen-bond donors (Lipinski definition) is 2. The third kappa shape index (κ3) is 3.89. The summed E-state index contributed by atoms with van der Waals surface area (Å²) in [6.45, 7) is 3.46. The second kappa shape index (κ2) is 6.69. The van der Waals surface area contributed by atoms with Crippen LogP contribution in [-0.2, 0) is 10.0 Å². The van der Waals surface area contributed by atoms with Crippen molar-refractivity contribution in [3.05, 3.63) is 53.1 Å². The SMILES string of the molecule is Cc1noc(NS(=O)(=O)c2ccc(Nc3cc(Cl)ncn3)cc2)c1C. The normalized spacial score (nSPS) is 11.3. The predicted octanol–water partition coefficient (Wildman–Crippen LogP) is 3.28. The first-order valence-electron chi connectivity index (χ1n) is 7.15. The van der Waals surface area contributed by atoms with Crippen LogP contribution in [0.4, 0.5) is 17.4 Å². The number of hydrogen-bond acceptors (Lipinski definition) is 7. The zero-order valence-electron chi connectivity index (χ0n) is 13.3. The van der Waals surface area contributed by atoms with Crippen LogP contribution in [-0.4, -0.2) is 23.5 Å². The Kier molecular flexibility index (Phi) is 4.60. The fourth-order valence-corrected chi connectivity index (χ4v) is 3.15. The molecule has 0 fully saturated rings. The topological polar surface area (TPSA) is 110 Å². The molecule has 3 rings (SSSR count). The van der Waals surface area contributed by atoms with Gasteiger partial charge < -0.3 is 9.84 Å². The maximum Gasteiger partial charge on any atom is 0.264 e. The molecular weight excluding hydrogens is 366 g/mol. The van der Waals surface area contributed by atoms with Gasteiger partial charge in [0.05, 0.1) is 10.6 Å². The van der Waals surface area contributed by atoms with E-state index in [9.17, 15) is 8.42 Å². The van der Waals surface area contributed by atoms with E-state index in [1.807, 2.05) is 0 Å². The Morgan fingerprint density at radius 1 is 1.12 bits per heavy atom. The summed E-state index contributed by atoms with van der Waals surface area (Å²) < 4.78 is 32.2. The van der Waals surface area contributed by atoms with Gasteiger partial charge in [0.15, 0.2) is 0 Å². The maximum absolute atomic E-state index is 12.4. The van der Waals surface area contributed by atoms with Crippen LogP contribution in [0.25, 0.3) is 0 Å². The van der Waals surface area contributed by atoms with Crippen molar-refractivity contribution in [2.75, 3.05) is 10.0 Å². The Balaban J connectivity index is 1.78. The van der Waals surface area contributed by atoms with E-state index < -0.39 is 10.0 Å². The van der Waals surface area contributed by atoms with Crippen molar-refractivity contribution in [1.29, 1.82) is 0 Å². The minimum Gasteiger partial charge on any atom is -0.340 e. The molecule has 0 radical (unpaired) electrons. The Hall–Kier alpha value is -2.65. The molecule has 2 N–H and O–H groups in total. The van der Waals surface area contributed by atoms with Gasteiger partial charge in [-0.15, -0.1) is 0 Å². The highest BCUT2D eigenvalue weighted by atomic mass is 35.5. The number of anilines is 3. The van der Waals surface area contributed by atoms with Crippen LogP contribution < -0.4 is 10.0 Å². The zero-order chi connectivity index (χ0) is 18.0. The molecule has 0 unspecified atom stereocenters. The Morgan fingerprint density at radius 2 is 1.84 bits per heavy atom. The van der Waals surface area contributed by atoms with Gasteiger partial charge in [-0.05, 0) is 38.1 Å². The van der Waals surface area contributed by atoms with Gasteiger partial charge in [-0.3, -0.25) is 0 Å². The quantitative estimate of drug-likeness (QED) is 0.654. The van der Waals surface area contributed by atoms with Crippen LogP contribution in [0, 0.1) is 13.8 Å². The molecule has 0 saturated carbocycles. The lowest BCUT2D eigenvalue weighted by Gasteiger charge is -2.08. The van der Waals surface area contributed by atoms with E-state index in [4.69, 9.17) is 16.1 Å². The molecule has 8 nitrogen and oxygen atoms in total. The van der Waals surface area contributed by atoms with Gasteiger partial charge >= 0.3 is 0 Å². The molecular formula is C15H14ClN5O3S. The van der Waals surface area contributed by atoms with E-state index in [1.54, 1.807) is 32.0 Å². The Morgan fingerprint density at radius 3 is 2.44 bits per heavy atom. The van der Waals surface area contributed by atoms with E-state index in [0.717, 1.165) is 0 Å². The highest BCUT2D eigenvalue weighted by molar-refractivity contribution is 7.92. The van der Waals surface area contributed by atoms with Crippen LogP contribution in [0.3, 0.4) is 0 Å². The number of halogens is 1. The van der Waals surface area contributed by atoms with Crippen LogP contribution in [0.5, 0.6) is 0 Å². The number of aromatic nitrogens is 3. The molecule has 0 aliphatic heterocycles. The summed E-state index contributed by atoms with van der Waals surface area (Å²) in [6, 6.07) is 7.72. The maximum atomic E-state index is 12.4. The zero-order valence-corrected chi connectivity index (χ0v) is 14.9. The van der Waals surface area contributed by atoms with Gasteiger partial charge in [0.25, 0.3) is 10.0 Å². The summed E-state index contributed by atoms with van der Waals surface area (Å²) in [5, 5.41) is 7.04. The molecule has 0 atom stereocenters. The van der Waals surface area contributed by atoms with Crippen molar-refractivity contribution in [1.82, 2.24) is 15.1 Å². The van der Waals surface area contributed by atoms with Gasteiger partial charge in [-0.2, -0.15) is 0 Å². The van der Waals surface area contributed by atoms with Crippen LogP contribution in [0.15, 0.2) is 46.1 Å². The number of nitrogens with zero attached hydrogens (tertiary/aromatic N) is 3. The smallest absolute Gasteiger partial charge is 0.264 e.